The Labute approximate surface area is 165 Å². The van der Waals surface area contributed by atoms with Gasteiger partial charge in [-0.25, -0.2) is 8.42 Å². The molecule has 8 heteroatoms. The number of nitrogens with zero attached hydrogens (tertiary/aromatic N) is 1. The predicted octanol–water partition coefficient (Wildman–Crippen LogP) is 2.83. The average molecular weight is 453 g/mol. The number of hydrogen-bond acceptors (Lipinski definition) is 4. The maximum absolute atomic E-state index is 12.8. The second-order valence-electron chi connectivity index (χ2n) is 5.72. The monoisotopic (exact) mass is 452 g/mol. The van der Waals surface area contributed by atoms with Gasteiger partial charge in [-0.15, -0.1) is 11.3 Å². The van der Waals surface area contributed by atoms with Gasteiger partial charge < -0.3 is 5.32 Å². The zero-order valence-electron chi connectivity index (χ0n) is 13.8. The third-order valence-electron chi connectivity index (χ3n) is 3.98. The number of carbonyl (C=O) groups is 1. The van der Waals surface area contributed by atoms with Gasteiger partial charge in [0.05, 0.1) is 10.3 Å². The van der Waals surface area contributed by atoms with Gasteiger partial charge in [-0.2, -0.15) is 4.31 Å². The topological polar surface area (TPSA) is 66.5 Å². The molecule has 3 rings (SSSR count). The van der Waals surface area contributed by atoms with E-state index < -0.39 is 16.1 Å². The quantitative estimate of drug-likeness (QED) is 0.725. The summed E-state index contributed by atoms with van der Waals surface area (Å²) in [4.78, 5) is 12.5. The molecular weight excluding hydrogens is 436 g/mol. The van der Waals surface area contributed by atoms with Crippen molar-refractivity contribution in [1.29, 1.82) is 0 Å². The molecule has 1 aromatic heterocycles. The summed E-state index contributed by atoms with van der Waals surface area (Å²) in [6.07, 6.45) is 1.18. The van der Waals surface area contributed by atoms with E-state index in [1.807, 2.05) is 30.3 Å². The van der Waals surface area contributed by atoms with Crippen LogP contribution in [0.2, 0.25) is 0 Å². The number of amides is 1. The van der Waals surface area contributed by atoms with Crippen molar-refractivity contribution < 1.29 is 13.2 Å². The molecule has 1 saturated heterocycles. The minimum Gasteiger partial charge on any atom is -0.344 e. The lowest BCUT2D eigenvalue weighted by Crippen LogP contribution is -2.45. The van der Waals surface area contributed by atoms with Crippen LogP contribution in [0.25, 0.3) is 0 Å². The highest BCUT2D eigenvalue weighted by molar-refractivity contribution is 9.11. The number of thiophene rings is 1. The summed E-state index contributed by atoms with van der Waals surface area (Å²) >= 11 is 4.43. The summed E-state index contributed by atoms with van der Waals surface area (Å²) in [5.74, 6) is 5.55. The number of carbonyl (C=O) groups excluding carboxylic acids is 1. The summed E-state index contributed by atoms with van der Waals surface area (Å²) < 4.78 is 27.9. The second kappa shape index (κ2) is 8.35. The van der Waals surface area contributed by atoms with Crippen LogP contribution >= 0.6 is 27.3 Å². The minimum absolute atomic E-state index is 0.183. The van der Waals surface area contributed by atoms with E-state index in [-0.39, 0.29) is 16.7 Å². The lowest BCUT2D eigenvalue weighted by molar-refractivity contribution is -0.123. The lowest BCUT2D eigenvalue weighted by Gasteiger charge is -2.22. The van der Waals surface area contributed by atoms with Gasteiger partial charge in [0.2, 0.25) is 5.91 Å². The Kier molecular flexibility index (Phi) is 6.14. The molecule has 1 amide bonds. The zero-order valence-corrected chi connectivity index (χ0v) is 17.0. The van der Waals surface area contributed by atoms with E-state index in [1.165, 1.54) is 4.31 Å². The summed E-state index contributed by atoms with van der Waals surface area (Å²) in [6.45, 7) is 0.536. The van der Waals surface area contributed by atoms with E-state index in [2.05, 4.69) is 33.1 Å². The molecule has 0 bridgehead atoms. The molecule has 1 aliphatic heterocycles. The highest BCUT2D eigenvalue weighted by Gasteiger charge is 2.39. The summed E-state index contributed by atoms with van der Waals surface area (Å²) in [5, 5.41) is 2.73. The maximum Gasteiger partial charge on any atom is 0.253 e. The molecule has 1 aromatic carbocycles. The molecule has 26 heavy (non-hydrogen) atoms. The second-order valence-corrected chi connectivity index (χ2v) is 10.3. The molecule has 1 unspecified atom stereocenters. The van der Waals surface area contributed by atoms with Gasteiger partial charge in [-0.05, 0) is 53.0 Å². The molecule has 1 N–H and O–H groups in total. The molecule has 5 nitrogen and oxygen atoms in total. The van der Waals surface area contributed by atoms with Gasteiger partial charge in [0.25, 0.3) is 10.0 Å². The van der Waals surface area contributed by atoms with E-state index in [1.54, 1.807) is 12.1 Å². The minimum atomic E-state index is -3.66. The first-order valence-corrected chi connectivity index (χ1v) is 11.1. The predicted molar refractivity (Wildman–Crippen MR) is 105 cm³/mol. The summed E-state index contributed by atoms with van der Waals surface area (Å²) in [5.41, 5.74) is 0.870. The van der Waals surface area contributed by atoms with Gasteiger partial charge in [0.1, 0.15) is 10.3 Å². The number of rotatable bonds is 4. The van der Waals surface area contributed by atoms with Crippen molar-refractivity contribution in [2.45, 2.75) is 23.1 Å². The number of sulfonamides is 1. The van der Waals surface area contributed by atoms with Crippen LogP contribution in [-0.4, -0.2) is 37.8 Å². The Hall–Kier alpha value is -1.66. The fraction of sp³-hybridized carbons (Fsp3) is 0.278. The number of halogens is 1. The molecule has 136 valence electrons. The van der Waals surface area contributed by atoms with Gasteiger partial charge in [0, 0.05) is 12.1 Å². The molecular formula is C18H17BrN2O3S2. The van der Waals surface area contributed by atoms with E-state index in [0.29, 0.717) is 19.4 Å². The molecule has 0 saturated carbocycles. The zero-order chi connectivity index (χ0) is 18.6. The van der Waals surface area contributed by atoms with Crippen LogP contribution in [0.4, 0.5) is 0 Å². The van der Waals surface area contributed by atoms with Gasteiger partial charge in [-0.1, -0.05) is 30.0 Å². The van der Waals surface area contributed by atoms with Crippen molar-refractivity contribution in [3.05, 3.63) is 51.8 Å². The van der Waals surface area contributed by atoms with Gasteiger partial charge in [-0.3, -0.25) is 4.79 Å². The number of hydrogen-bond donors (Lipinski definition) is 1. The summed E-state index contributed by atoms with van der Waals surface area (Å²) in [7, 11) is -3.66. The Morgan fingerprint density at radius 3 is 2.73 bits per heavy atom. The van der Waals surface area contributed by atoms with E-state index in [9.17, 15) is 13.2 Å². The highest BCUT2D eigenvalue weighted by atomic mass is 79.9. The van der Waals surface area contributed by atoms with E-state index in [4.69, 9.17) is 0 Å². The first kappa shape index (κ1) is 19.1. The van der Waals surface area contributed by atoms with Crippen molar-refractivity contribution in [2.75, 3.05) is 13.1 Å². The fourth-order valence-corrected chi connectivity index (χ4v) is 6.55. The molecule has 2 heterocycles. The molecule has 0 spiro atoms. The summed E-state index contributed by atoms with van der Waals surface area (Å²) in [6, 6.07) is 12.1. The Balaban J connectivity index is 1.64. The van der Waals surface area contributed by atoms with Crippen molar-refractivity contribution in [3.8, 4) is 11.8 Å². The molecule has 1 atom stereocenters. The Morgan fingerprint density at radius 2 is 2.04 bits per heavy atom. The molecule has 2 aromatic rings. The third-order valence-corrected chi connectivity index (χ3v) is 7.97. The van der Waals surface area contributed by atoms with Gasteiger partial charge >= 0.3 is 0 Å². The Bertz CT molecular complexity index is 946. The molecule has 0 aliphatic carbocycles. The fourth-order valence-electron chi connectivity index (χ4n) is 2.76. The first-order valence-electron chi connectivity index (χ1n) is 8.07. The number of benzene rings is 1. The van der Waals surface area contributed by atoms with Crippen LogP contribution in [0.15, 0.2) is 50.5 Å². The molecule has 1 aliphatic rings. The third kappa shape index (κ3) is 4.35. The van der Waals surface area contributed by atoms with Crippen molar-refractivity contribution in [3.63, 3.8) is 0 Å². The van der Waals surface area contributed by atoms with E-state index in [0.717, 1.165) is 20.7 Å². The smallest absolute Gasteiger partial charge is 0.253 e. The normalized spacial score (nSPS) is 17.5. The molecule has 1 fully saturated rings. The SMILES string of the molecule is O=C(NCC#Cc1ccccc1)C1CCCN1S(=O)(=O)c1ccc(Br)s1. The number of nitrogens with one attached hydrogen (secondary N) is 1. The lowest BCUT2D eigenvalue weighted by atomic mass is 10.2. The van der Waals surface area contributed by atoms with E-state index >= 15 is 0 Å². The van der Waals surface area contributed by atoms with Gasteiger partial charge in [0.15, 0.2) is 0 Å². The largest absolute Gasteiger partial charge is 0.344 e. The van der Waals surface area contributed by atoms with Crippen LogP contribution in [0.5, 0.6) is 0 Å². The maximum atomic E-state index is 12.8. The van der Waals surface area contributed by atoms with Crippen molar-refractivity contribution in [1.82, 2.24) is 9.62 Å². The van der Waals surface area contributed by atoms with Crippen LogP contribution in [0.3, 0.4) is 0 Å². The average Bonchev–Trinajstić information content (AvgIpc) is 3.29. The van der Waals surface area contributed by atoms with Crippen LogP contribution in [0.1, 0.15) is 18.4 Å². The van der Waals surface area contributed by atoms with Crippen LogP contribution in [-0.2, 0) is 14.8 Å². The van der Waals surface area contributed by atoms with Crippen LogP contribution < -0.4 is 5.32 Å². The standard InChI is InChI=1S/C18H17BrN2O3S2/c19-16-10-11-17(25-16)26(23,24)21-13-5-9-15(21)18(22)20-12-4-8-14-6-2-1-3-7-14/h1-3,6-7,10-11,15H,5,9,12-13H2,(H,20,22). The molecule has 0 radical (unpaired) electrons. The van der Waals surface area contributed by atoms with Crippen LogP contribution in [0, 0.1) is 11.8 Å². The Morgan fingerprint density at radius 1 is 1.27 bits per heavy atom. The first-order chi connectivity index (χ1) is 12.5. The van der Waals surface area contributed by atoms with Crippen molar-refractivity contribution in [2.24, 2.45) is 0 Å². The van der Waals surface area contributed by atoms with Crippen molar-refractivity contribution >= 4 is 43.2 Å². The highest BCUT2D eigenvalue weighted by Crippen LogP contribution is 2.32.